The number of hydrogen-bond acceptors (Lipinski definition) is 0. The van der Waals surface area contributed by atoms with Crippen LogP contribution in [0.4, 0.5) is 0 Å². The number of allylic oxidation sites excluding steroid dienone is 4. The molecule has 0 heterocycles. The molecule has 2 aromatic carbocycles. The molecule has 0 spiro atoms. The van der Waals surface area contributed by atoms with E-state index in [1.165, 1.54) is 12.8 Å². The zero-order valence-corrected chi connectivity index (χ0v) is 18.1. The van der Waals surface area contributed by atoms with Crippen molar-refractivity contribution in [2.45, 2.75) is 54.4 Å². The average molecular weight is 355 g/mol. The average Bonchev–Trinajstić information content (AvgIpc) is 2.72. The molecule has 0 fully saturated rings. The molecule has 0 aliphatic heterocycles. The standard InChI is InChI=1S/2C6H6.C4H10.C4H8.2C3H6/c2*1-2-4-6-5-3-1;2*1-3-4-2;2*1-3-2/h2*1-6H;3-4H2,1-2H3;3-4H,1-2H3;2*3H,1H2,2H3/b;;;4-3+;;. The fourth-order valence-electron chi connectivity index (χ4n) is 0.770. The molecule has 0 aliphatic rings. The van der Waals surface area contributed by atoms with Crippen molar-refractivity contribution < 1.29 is 0 Å². The maximum atomic E-state index is 3.36. The minimum Gasteiger partial charge on any atom is -0.103 e. The summed E-state index contributed by atoms with van der Waals surface area (Å²) < 4.78 is 0. The van der Waals surface area contributed by atoms with Crippen LogP contribution in [0.3, 0.4) is 0 Å². The van der Waals surface area contributed by atoms with E-state index in [1.807, 2.05) is 113 Å². The first-order valence-corrected chi connectivity index (χ1v) is 9.37. The molecule has 0 amide bonds. The van der Waals surface area contributed by atoms with E-state index < -0.39 is 0 Å². The van der Waals surface area contributed by atoms with Crippen molar-refractivity contribution in [3.05, 3.63) is 110 Å². The first kappa shape index (κ1) is 31.4. The lowest BCUT2D eigenvalue weighted by atomic mass is 10.4. The number of unbranched alkanes of at least 4 members (excludes halogenated alkanes) is 1. The predicted octanol–water partition coefficient (Wildman–Crippen LogP) is 9.15. The summed E-state index contributed by atoms with van der Waals surface area (Å²) >= 11 is 0. The van der Waals surface area contributed by atoms with Gasteiger partial charge in [0.05, 0.1) is 0 Å². The van der Waals surface area contributed by atoms with Gasteiger partial charge in [0.1, 0.15) is 0 Å². The highest BCUT2D eigenvalue weighted by Crippen LogP contribution is 1.80. The molecular weight excluding hydrogens is 312 g/mol. The van der Waals surface area contributed by atoms with Crippen LogP contribution < -0.4 is 0 Å². The van der Waals surface area contributed by atoms with Crippen molar-refractivity contribution in [3.8, 4) is 0 Å². The predicted molar refractivity (Wildman–Crippen MR) is 126 cm³/mol. The van der Waals surface area contributed by atoms with E-state index in [2.05, 4.69) is 27.0 Å². The molecule has 0 N–H and O–H groups in total. The highest BCUT2D eigenvalue weighted by molar-refractivity contribution is 4.99. The second-order valence-electron chi connectivity index (χ2n) is 4.79. The van der Waals surface area contributed by atoms with Gasteiger partial charge in [0.2, 0.25) is 0 Å². The SMILES string of the molecule is C/C=C/C.C=CC.C=CC.CCCC.c1ccccc1.c1ccccc1. The third-order valence-electron chi connectivity index (χ3n) is 2.17. The first-order chi connectivity index (χ1) is 12.7. The van der Waals surface area contributed by atoms with Crippen LogP contribution in [0.2, 0.25) is 0 Å². The molecule has 0 radical (unpaired) electrons. The second-order valence-corrected chi connectivity index (χ2v) is 4.79. The second kappa shape index (κ2) is 43.4. The Morgan fingerprint density at radius 3 is 0.615 bits per heavy atom. The van der Waals surface area contributed by atoms with E-state index in [-0.39, 0.29) is 0 Å². The number of hydrogen-bond donors (Lipinski definition) is 0. The molecule has 0 atom stereocenters. The molecular formula is C26H42. The van der Waals surface area contributed by atoms with Crippen LogP contribution in [0, 0.1) is 0 Å². The zero-order valence-electron chi connectivity index (χ0n) is 18.1. The van der Waals surface area contributed by atoms with E-state index in [4.69, 9.17) is 0 Å². The molecule has 0 nitrogen and oxygen atoms in total. The summed E-state index contributed by atoms with van der Waals surface area (Å²) in [5.41, 5.74) is 0. The molecule has 0 unspecified atom stereocenters. The Kier molecular flexibility index (Phi) is 52.4. The van der Waals surface area contributed by atoms with Crippen molar-refractivity contribution >= 4 is 0 Å². The van der Waals surface area contributed by atoms with Crippen LogP contribution in [0.1, 0.15) is 54.4 Å². The topological polar surface area (TPSA) is 0 Å². The summed E-state index contributed by atoms with van der Waals surface area (Å²) in [4.78, 5) is 0. The van der Waals surface area contributed by atoms with E-state index >= 15 is 0 Å². The normalized spacial score (nSPS) is 7.31. The van der Waals surface area contributed by atoms with Gasteiger partial charge in [0.25, 0.3) is 0 Å². The van der Waals surface area contributed by atoms with Gasteiger partial charge in [-0.1, -0.05) is 124 Å². The highest BCUT2D eigenvalue weighted by Gasteiger charge is 1.58. The summed E-state index contributed by atoms with van der Waals surface area (Å²) in [6.45, 7) is 18.9. The molecule has 26 heavy (non-hydrogen) atoms. The van der Waals surface area contributed by atoms with E-state index in [1.54, 1.807) is 12.2 Å². The van der Waals surface area contributed by atoms with Gasteiger partial charge in [-0.25, -0.2) is 0 Å². The molecule has 0 aromatic heterocycles. The lowest BCUT2D eigenvalue weighted by Crippen LogP contribution is -1.47. The maximum absolute atomic E-state index is 3.36. The number of rotatable bonds is 1. The van der Waals surface area contributed by atoms with Crippen molar-refractivity contribution in [1.82, 2.24) is 0 Å². The van der Waals surface area contributed by atoms with Crippen LogP contribution in [0.5, 0.6) is 0 Å². The fraction of sp³-hybridized carbons (Fsp3) is 0.308. The van der Waals surface area contributed by atoms with Gasteiger partial charge in [-0.2, -0.15) is 0 Å². The van der Waals surface area contributed by atoms with Gasteiger partial charge in [-0.15, -0.1) is 13.2 Å². The minimum absolute atomic E-state index is 1.32. The molecule has 0 saturated heterocycles. The van der Waals surface area contributed by atoms with Gasteiger partial charge in [-0.05, 0) is 27.7 Å². The maximum Gasteiger partial charge on any atom is -0.0470 e. The smallest absolute Gasteiger partial charge is 0.0470 e. The fourth-order valence-corrected chi connectivity index (χ4v) is 0.770. The molecule has 146 valence electrons. The highest BCUT2D eigenvalue weighted by atomic mass is 13.7. The molecule has 2 aromatic rings. The van der Waals surface area contributed by atoms with Gasteiger partial charge >= 0.3 is 0 Å². The van der Waals surface area contributed by atoms with E-state index in [0.29, 0.717) is 0 Å². The Labute approximate surface area is 165 Å². The summed E-state index contributed by atoms with van der Waals surface area (Å²) in [6.07, 6.45) is 10.1. The van der Waals surface area contributed by atoms with E-state index in [9.17, 15) is 0 Å². The number of benzene rings is 2. The van der Waals surface area contributed by atoms with Crippen molar-refractivity contribution in [3.63, 3.8) is 0 Å². The Bertz CT molecular complexity index is 329. The van der Waals surface area contributed by atoms with Crippen molar-refractivity contribution in [1.29, 1.82) is 0 Å². The summed E-state index contributed by atoms with van der Waals surface area (Å²) in [5, 5.41) is 0. The molecule has 0 bridgehead atoms. The van der Waals surface area contributed by atoms with Crippen molar-refractivity contribution in [2.75, 3.05) is 0 Å². The largest absolute Gasteiger partial charge is 0.103 e. The minimum atomic E-state index is 1.32. The lowest BCUT2D eigenvalue weighted by Gasteiger charge is -1.69. The van der Waals surface area contributed by atoms with Gasteiger partial charge in [0, 0.05) is 0 Å². The lowest BCUT2D eigenvalue weighted by molar-refractivity contribution is 0.886. The van der Waals surface area contributed by atoms with E-state index in [0.717, 1.165) is 0 Å². The van der Waals surface area contributed by atoms with Gasteiger partial charge < -0.3 is 0 Å². The third kappa shape index (κ3) is 68.0. The molecule has 2 rings (SSSR count). The van der Waals surface area contributed by atoms with Gasteiger partial charge in [-0.3, -0.25) is 0 Å². The van der Waals surface area contributed by atoms with Crippen LogP contribution >= 0.6 is 0 Å². The molecule has 0 saturated carbocycles. The first-order valence-electron chi connectivity index (χ1n) is 9.37. The Morgan fingerprint density at radius 2 is 0.577 bits per heavy atom. The quantitative estimate of drug-likeness (QED) is 0.448. The van der Waals surface area contributed by atoms with Crippen LogP contribution in [0.15, 0.2) is 110 Å². The summed E-state index contributed by atoms with van der Waals surface area (Å²) in [5.74, 6) is 0. The third-order valence-corrected chi connectivity index (χ3v) is 2.17. The van der Waals surface area contributed by atoms with Crippen LogP contribution in [-0.4, -0.2) is 0 Å². The van der Waals surface area contributed by atoms with Crippen LogP contribution in [-0.2, 0) is 0 Å². The monoisotopic (exact) mass is 354 g/mol. The van der Waals surface area contributed by atoms with Crippen LogP contribution in [0.25, 0.3) is 0 Å². The van der Waals surface area contributed by atoms with Crippen molar-refractivity contribution in [2.24, 2.45) is 0 Å². The summed E-state index contributed by atoms with van der Waals surface area (Å²) in [7, 11) is 0. The Hall–Kier alpha value is -2.34. The molecule has 0 aliphatic carbocycles. The van der Waals surface area contributed by atoms with Gasteiger partial charge in [0.15, 0.2) is 0 Å². The summed E-state index contributed by atoms with van der Waals surface area (Å²) in [6, 6.07) is 24.0. The molecule has 0 heteroatoms. The Balaban J connectivity index is -0.000000115. The zero-order chi connectivity index (χ0) is 20.7. The Morgan fingerprint density at radius 1 is 0.462 bits per heavy atom.